The van der Waals surface area contributed by atoms with E-state index in [1.54, 1.807) is 0 Å². The van der Waals surface area contributed by atoms with Gasteiger partial charge in [-0.3, -0.25) is 10.1 Å². The number of nitrogens with zero attached hydrogens (tertiary/aromatic N) is 1. The number of hydrogen-bond donors (Lipinski definition) is 1. The van der Waals surface area contributed by atoms with Gasteiger partial charge in [0.05, 0.1) is 9.95 Å². The summed E-state index contributed by atoms with van der Waals surface area (Å²) in [5, 5.41) is 19.9. The Labute approximate surface area is 107 Å². The molecule has 7 heteroatoms. The van der Waals surface area contributed by atoms with Gasteiger partial charge in [-0.15, -0.1) is 0 Å². The first-order chi connectivity index (χ1) is 8.50. The number of ether oxygens (including phenoxy) is 1. The fraction of sp³-hybridized carbons (Fsp3) is 0.364. The number of aliphatic carboxylic acids is 1. The smallest absolute Gasteiger partial charge is 0.345 e. The Bertz CT molecular complexity index is 500. The standard InChI is InChI=1S/C11H10ClNO5/c12-7-2-1-3-8(13(16)17)10(7)18-9(11(14)15)6-4-5-6/h1-3,6,9H,4-5H2,(H,14,15). The number of carboxylic acid groups (broad SMARTS) is 1. The van der Waals surface area contributed by atoms with Crippen molar-refractivity contribution >= 4 is 23.3 Å². The molecule has 18 heavy (non-hydrogen) atoms. The van der Waals surface area contributed by atoms with E-state index in [4.69, 9.17) is 21.4 Å². The molecule has 0 aromatic heterocycles. The zero-order chi connectivity index (χ0) is 13.3. The van der Waals surface area contributed by atoms with Gasteiger partial charge in [-0.1, -0.05) is 17.7 Å². The maximum Gasteiger partial charge on any atom is 0.345 e. The van der Waals surface area contributed by atoms with Gasteiger partial charge in [0, 0.05) is 12.0 Å². The van der Waals surface area contributed by atoms with Crippen molar-refractivity contribution < 1.29 is 19.6 Å². The highest BCUT2D eigenvalue weighted by atomic mass is 35.5. The van der Waals surface area contributed by atoms with E-state index in [-0.39, 0.29) is 22.4 Å². The number of hydrogen-bond acceptors (Lipinski definition) is 4. The number of carbonyl (C=O) groups is 1. The van der Waals surface area contributed by atoms with Gasteiger partial charge in [0.15, 0.2) is 6.10 Å². The first kappa shape index (κ1) is 12.6. The lowest BCUT2D eigenvalue weighted by atomic mass is 10.2. The van der Waals surface area contributed by atoms with Crippen molar-refractivity contribution in [1.29, 1.82) is 0 Å². The third-order valence-corrected chi connectivity index (χ3v) is 2.98. The largest absolute Gasteiger partial charge is 0.478 e. The minimum absolute atomic E-state index is 0.0381. The lowest BCUT2D eigenvalue weighted by Gasteiger charge is -2.15. The topological polar surface area (TPSA) is 89.7 Å². The third kappa shape index (κ3) is 2.53. The molecule has 96 valence electrons. The second kappa shape index (κ2) is 4.81. The Hall–Kier alpha value is -1.82. The Morgan fingerprint density at radius 2 is 2.22 bits per heavy atom. The summed E-state index contributed by atoms with van der Waals surface area (Å²) in [6, 6.07) is 4.07. The van der Waals surface area contributed by atoms with Crippen LogP contribution < -0.4 is 4.74 Å². The van der Waals surface area contributed by atoms with Crippen LogP contribution in [-0.4, -0.2) is 22.1 Å². The van der Waals surface area contributed by atoms with Gasteiger partial charge in [0.25, 0.3) is 0 Å². The number of carboxylic acids is 1. The lowest BCUT2D eigenvalue weighted by molar-refractivity contribution is -0.386. The van der Waals surface area contributed by atoms with Crippen LogP contribution in [0.3, 0.4) is 0 Å². The van der Waals surface area contributed by atoms with Crippen molar-refractivity contribution in [3.05, 3.63) is 33.3 Å². The first-order valence-electron chi connectivity index (χ1n) is 5.33. The maximum atomic E-state index is 11.0. The Kier molecular flexibility index (Phi) is 3.38. The van der Waals surface area contributed by atoms with Gasteiger partial charge >= 0.3 is 11.7 Å². The predicted molar refractivity (Wildman–Crippen MR) is 62.9 cm³/mol. The summed E-state index contributed by atoms with van der Waals surface area (Å²) >= 11 is 5.82. The summed E-state index contributed by atoms with van der Waals surface area (Å²) in [6.07, 6.45) is 0.411. The van der Waals surface area contributed by atoms with E-state index >= 15 is 0 Å². The van der Waals surface area contributed by atoms with Gasteiger partial charge in [-0.05, 0) is 18.9 Å². The molecule has 1 aromatic rings. The quantitative estimate of drug-likeness (QED) is 0.656. The van der Waals surface area contributed by atoms with E-state index in [1.807, 2.05) is 0 Å². The van der Waals surface area contributed by atoms with Crippen LogP contribution in [0.15, 0.2) is 18.2 Å². The Morgan fingerprint density at radius 3 is 2.72 bits per heavy atom. The van der Waals surface area contributed by atoms with Gasteiger partial charge in [-0.2, -0.15) is 0 Å². The molecule has 0 saturated heterocycles. The lowest BCUT2D eigenvalue weighted by Crippen LogP contribution is -2.29. The number of benzene rings is 1. The van der Waals surface area contributed by atoms with E-state index in [0.717, 1.165) is 12.8 Å². The van der Waals surface area contributed by atoms with E-state index in [2.05, 4.69) is 0 Å². The highest BCUT2D eigenvalue weighted by Crippen LogP contribution is 2.40. The molecule has 1 aromatic carbocycles. The third-order valence-electron chi connectivity index (χ3n) is 2.68. The van der Waals surface area contributed by atoms with Crippen molar-refractivity contribution in [3.63, 3.8) is 0 Å². The summed E-state index contributed by atoms with van der Waals surface area (Å²) in [5.74, 6) is -1.41. The van der Waals surface area contributed by atoms with Gasteiger partial charge in [0.1, 0.15) is 0 Å². The average molecular weight is 272 g/mol. The molecule has 0 aliphatic heterocycles. The zero-order valence-electron chi connectivity index (χ0n) is 9.21. The van der Waals surface area contributed by atoms with Crippen LogP contribution >= 0.6 is 11.6 Å². The molecule has 1 aliphatic rings. The molecular formula is C11H10ClNO5. The normalized spacial score (nSPS) is 16.1. The van der Waals surface area contributed by atoms with Gasteiger partial charge < -0.3 is 9.84 Å². The molecule has 1 aliphatic carbocycles. The number of rotatable bonds is 5. The van der Waals surface area contributed by atoms with Crippen LogP contribution in [0.1, 0.15) is 12.8 Å². The minimum atomic E-state index is -1.13. The zero-order valence-corrected chi connectivity index (χ0v) is 9.96. The van der Waals surface area contributed by atoms with Crippen LogP contribution in [0.2, 0.25) is 5.02 Å². The maximum absolute atomic E-state index is 11.0. The van der Waals surface area contributed by atoms with Crippen LogP contribution in [0, 0.1) is 16.0 Å². The fourth-order valence-electron chi connectivity index (χ4n) is 1.63. The number of nitro benzene ring substituents is 1. The van der Waals surface area contributed by atoms with E-state index in [1.165, 1.54) is 18.2 Å². The molecule has 0 amide bonds. The highest BCUT2D eigenvalue weighted by Gasteiger charge is 2.39. The molecule has 1 saturated carbocycles. The number of halogens is 1. The van der Waals surface area contributed by atoms with Crippen molar-refractivity contribution in [2.45, 2.75) is 18.9 Å². The predicted octanol–water partition coefficient (Wildman–Crippen LogP) is 2.49. The van der Waals surface area contributed by atoms with Gasteiger partial charge in [0.2, 0.25) is 5.75 Å². The molecular weight excluding hydrogens is 262 g/mol. The summed E-state index contributed by atoms with van der Waals surface area (Å²) < 4.78 is 5.25. The van der Waals surface area contributed by atoms with Crippen molar-refractivity contribution in [3.8, 4) is 5.75 Å². The Morgan fingerprint density at radius 1 is 1.56 bits per heavy atom. The number of para-hydroxylation sites is 1. The van der Waals surface area contributed by atoms with E-state index in [0.29, 0.717) is 0 Å². The summed E-state index contributed by atoms with van der Waals surface area (Å²) in [7, 11) is 0. The number of nitro groups is 1. The van der Waals surface area contributed by atoms with E-state index in [9.17, 15) is 14.9 Å². The molecule has 1 fully saturated rings. The van der Waals surface area contributed by atoms with Crippen molar-refractivity contribution in [2.24, 2.45) is 5.92 Å². The second-order valence-corrected chi connectivity index (χ2v) is 4.47. The molecule has 0 heterocycles. The molecule has 1 unspecified atom stereocenters. The van der Waals surface area contributed by atoms with E-state index < -0.39 is 17.0 Å². The van der Waals surface area contributed by atoms with Crippen LogP contribution in [0.25, 0.3) is 0 Å². The van der Waals surface area contributed by atoms with Gasteiger partial charge in [-0.25, -0.2) is 4.79 Å². The summed E-state index contributed by atoms with van der Waals surface area (Å²) in [5.41, 5.74) is -0.325. The molecule has 0 radical (unpaired) electrons. The molecule has 2 rings (SSSR count). The fourth-order valence-corrected chi connectivity index (χ4v) is 1.85. The highest BCUT2D eigenvalue weighted by molar-refractivity contribution is 6.32. The first-order valence-corrected chi connectivity index (χ1v) is 5.71. The molecule has 1 N–H and O–H groups in total. The monoisotopic (exact) mass is 271 g/mol. The van der Waals surface area contributed by atoms with Crippen LogP contribution in [0.5, 0.6) is 5.75 Å². The molecule has 0 bridgehead atoms. The SMILES string of the molecule is O=C(O)C(Oc1c(Cl)cccc1[N+](=O)[O-])C1CC1. The average Bonchev–Trinajstić information content (AvgIpc) is 3.10. The molecule has 6 nitrogen and oxygen atoms in total. The molecule has 1 atom stereocenters. The summed E-state index contributed by atoms with van der Waals surface area (Å²) in [4.78, 5) is 21.2. The van der Waals surface area contributed by atoms with Crippen LogP contribution in [-0.2, 0) is 4.79 Å². The van der Waals surface area contributed by atoms with Crippen molar-refractivity contribution in [2.75, 3.05) is 0 Å². The minimum Gasteiger partial charge on any atom is -0.478 e. The molecule has 0 spiro atoms. The van der Waals surface area contributed by atoms with Crippen molar-refractivity contribution in [1.82, 2.24) is 0 Å². The second-order valence-electron chi connectivity index (χ2n) is 4.06. The Balaban J connectivity index is 2.32. The van der Waals surface area contributed by atoms with Crippen LogP contribution in [0.4, 0.5) is 5.69 Å². The summed E-state index contributed by atoms with van der Waals surface area (Å²) in [6.45, 7) is 0.